The van der Waals surface area contributed by atoms with Gasteiger partial charge < -0.3 is 5.32 Å². The lowest BCUT2D eigenvalue weighted by atomic mass is 10.0. The van der Waals surface area contributed by atoms with Crippen LogP contribution >= 0.6 is 0 Å². The predicted molar refractivity (Wildman–Crippen MR) is 101 cm³/mol. The van der Waals surface area contributed by atoms with Crippen molar-refractivity contribution in [3.63, 3.8) is 0 Å². The van der Waals surface area contributed by atoms with Crippen molar-refractivity contribution in [2.24, 2.45) is 0 Å². The van der Waals surface area contributed by atoms with Crippen LogP contribution in [-0.2, 0) is 11.0 Å². The van der Waals surface area contributed by atoms with Gasteiger partial charge in [-0.15, -0.1) is 0 Å². The number of alkyl halides is 3. The fourth-order valence-corrected chi connectivity index (χ4v) is 2.64. The Hall–Kier alpha value is -3.34. The molecule has 0 spiro atoms. The lowest BCUT2D eigenvalue weighted by Gasteiger charge is -2.15. The first-order valence-electron chi connectivity index (χ1n) is 8.25. The van der Waals surface area contributed by atoms with E-state index in [2.05, 4.69) is 5.32 Å². The number of nitrogens with one attached hydrogen (secondary N) is 1. The number of carbonyl (C=O) groups excluding carboxylic acids is 1. The third-order valence-electron chi connectivity index (χ3n) is 3.92. The summed E-state index contributed by atoms with van der Waals surface area (Å²) >= 11 is 0. The van der Waals surface area contributed by atoms with Crippen molar-refractivity contribution in [3.05, 3.63) is 102 Å². The highest BCUT2D eigenvalue weighted by molar-refractivity contribution is 6.29. The zero-order valence-corrected chi connectivity index (χ0v) is 14.2. The summed E-state index contributed by atoms with van der Waals surface area (Å²) in [5, 5.41) is 2.41. The van der Waals surface area contributed by atoms with Crippen LogP contribution in [0, 0.1) is 0 Å². The van der Waals surface area contributed by atoms with E-state index in [4.69, 9.17) is 0 Å². The first-order chi connectivity index (χ1) is 12.9. The molecule has 1 N–H and O–H groups in total. The Bertz CT molecular complexity index is 948. The van der Waals surface area contributed by atoms with E-state index in [1.165, 1.54) is 18.2 Å². The van der Waals surface area contributed by atoms with Crippen molar-refractivity contribution in [3.8, 4) is 0 Å². The van der Waals surface area contributed by atoms with Gasteiger partial charge in [-0.1, -0.05) is 72.8 Å². The van der Waals surface area contributed by atoms with Gasteiger partial charge in [0.05, 0.1) is 11.3 Å². The number of carbonyl (C=O) groups is 1. The molecule has 0 bridgehead atoms. The zero-order valence-electron chi connectivity index (χ0n) is 14.2. The molecule has 0 heterocycles. The SMILES string of the molecule is O=C(Nc1ccccc1C(F)(F)F)/C(=C/c1ccccc1)c1ccccc1. The van der Waals surface area contributed by atoms with Gasteiger partial charge in [-0.3, -0.25) is 4.79 Å². The molecule has 0 saturated carbocycles. The van der Waals surface area contributed by atoms with Gasteiger partial charge in [-0.05, 0) is 29.3 Å². The van der Waals surface area contributed by atoms with Gasteiger partial charge >= 0.3 is 6.18 Å². The van der Waals surface area contributed by atoms with Crippen LogP contribution in [0.25, 0.3) is 11.6 Å². The molecule has 3 rings (SSSR count). The molecule has 2 nitrogen and oxygen atoms in total. The van der Waals surface area contributed by atoms with Crippen molar-refractivity contribution in [2.75, 3.05) is 5.32 Å². The van der Waals surface area contributed by atoms with Gasteiger partial charge in [0.25, 0.3) is 5.91 Å². The van der Waals surface area contributed by atoms with Gasteiger partial charge in [0, 0.05) is 5.57 Å². The van der Waals surface area contributed by atoms with Crippen LogP contribution in [0.2, 0.25) is 0 Å². The predicted octanol–water partition coefficient (Wildman–Crippen LogP) is 5.88. The summed E-state index contributed by atoms with van der Waals surface area (Å²) in [6.07, 6.45) is -2.90. The van der Waals surface area contributed by atoms with Crippen molar-refractivity contribution in [2.45, 2.75) is 6.18 Å². The third-order valence-corrected chi connectivity index (χ3v) is 3.92. The molecule has 0 aliphatic heterocycles. The second-order valence-electron chi connectivity index (χ2n) is 5.83. The fraction of sp³-hybridized carbons (Fsp3) is 0.0455. The van der Waals surface area contributed by atoms with Crippen molar-refractivity contribution in [1.29, 1.82) is 0 Å². The largest absolute Gasteiger partial charge is 0.418 e. The average molecular weight is 367 g/mol. The fourth-order valence-electron chi connectivity index (χ4n) is 2.64. The quantitative estimate of drug-likeness (QED) is 0.452. The molecule has 0 saturated heterocycles. The Balaban J connectivity index is 2.00. The molecule has 0 aromatic heterocycles. The summed E-state index contributed by atoms with van der Waals surface area (Å²) < 4.78 is 39.6. The maximum absolute atomic E-state index is 13.2. The van der Waals surface area contributed by atoms with E-state index in [0.29, 0.717) is 5.56 Å². The first kappa shape index (κ1) is 18.5. The molecular formula is C22H16F3NO. The molecule has 136 valence electrons. The third kappa shape index (κ3) is 4.64. The molecule has 0 unspecified atom stereocenters. The number of hydrogen-bond donors (Lipinski definition) is 1. The molecule has 1 amide bonds. The van der Waals surface area contributed by atoms with E-state index < -0.39 is 17.6 Å². The molecule has 27 heavy (non-hydrogen) atoms. The second kappa shape index (κ2) is 7.91. The lowest BCUT2D eigenvalue weighted by Crippen LogP contribution is -2.17. The second-order valence-corrected chi connectivity index (χ2v) is 5.83. The van der Waals surface area contributed by atoms with Gasteiger partial charge in [0.15, 0.2) is 0 Å². The molecule has 3 aromatic carbocycles. The van der Waals surface area contributed by atoms with Gasteiger partial charge in [0.1, 0.15) is 0 Å². The van der Waals surface area contributed by atoms with Crippen LogP contribution in [0.1, 0.15) is 16.7 Å². The molecule has 0 aliphatic carbocycles. The average Bonchev–Trinajstić information content (AvgIpc) is 2.67. The number of benzene rings is 3. The minimum absolute atomic E-state index is 0.273. The molecule has 0 aliphatic rings. The van der Waals surface area contributed by atoms with Crippen LogP contribution in [-0.4, -0.2) is 5.91 Å². The van der Waals surface area contributed by atoms with Gasteiger partial charge in [0.2, 0.25) is 0 Å². The van der Waals surface area contributed by atoms with E-state index >= 15 is 0 Å². The summed E-state index contributed by atoms with van der Waals surface area (Å²) in [7, 11) is 0. The lowest BCUT2D eigenvalue weighted by molar-refractivity contribution is -0.136. The number of para-hydroxylation sites is 1. The summed E-state index contributed by atoms with van der Waals surface area (Å²) in [4.78, 5) is 12.8. The molecule has 3 aromatic rings. The minimum Gasteiger partial charge on any atom is -0.321 e. The van der Waals surface area contributed by atoms with Gasteiger partial charge in [-0.2, -0.15) is 13.2 Å². The van der Waals surface area contributed by atoms with E-state index in [0.717, 1.165) is 11.6 Å². The molecule has 5 heteroatoms. The van der Waals surface area contributed by atoms with Crippen LogP contribution in [0.3, 0.4) is 0 Å². The van der Waals surface area contributed by atoms with Crippen molar-refractivity contribution in [1.82, 2.24) is 0 Å². The van der Waals surface area contributed by atoms with Crippen LogP contribution in [0.4, 0.5) is 18.9 Å². The van der Waals surface area contributed by atoms with E-state index in [9.17, 15) is 18.0 Å². The summed E-state index contributed by atoms with van der Waals surface area (Å²) in [6.45, 7) is 0. The Morgan fingerprint density at radius 1 is 0.778 bits per heavy atom. The molecule has 0 atom stereocenters. The summed E-state index contributed by atoms with van der Waals surface area (Å²) in [5.74, 6) is -0.609. The zero-order chi connectivity index (χ0) is 19.3. The monoisotopic (exact) mass is 367 g/mol. The van der Waals surface area contributed by atoms with Crippen LogP contribution in [0.15, 0.2) is 84.9 Å². The summed E-state index contributed by atoms with van der Waals surface area (Å²) in [6, 6.07) is 22.9. The first-order valence-corrected chi connectivity index (χ1v) is 8.25. The number of anilines is 1. The van der Waals surface area contributed by atoms with Crippen LogP contribution < -0.4 is 5.32 Å². The highest BCUT2D eigenvalue weighted by Crippen LogP contribution is 2.35. The molecular weight excluding hydrogens is 351 g/mol. The van der Waals surface area contributed by atoms with Crippen molar-refractivity contribution >= 4 is 23.2 Å². The number of hydrogen-bond acceptors (Lipinski definition) is 1. The topological polar surface area (TPSA) is 29.1 Å². The minimum atomic E-state index is -4.56. The maximum Gasteiger partial charge on any atom is 0.418 e. The van der Waals surface area contributed by atoms with Crippen LogP contribution in [0.5, 0.6) is 0 Å². The van der Waals surface area contributed by atoms with E-state index in [1.54, 1.807) is 36.4 Å². The van der Waals surface area contributed by atoms with E-state index in [-0.39, 0.29) is 11.3 Å². The normalized spacial score (nSPS) is 11.9. The van der Waals surface area contributed by atoms with Gasteiger partial charge in [-0.25, -0.2) is 0 Å². The molecule has 0 radical (unpaired) electrons. The Labute approximate surface area is 155 Å². The maximum atomic E-state index is 13.2. The number of amides is 1. The van der Waals surface area contributed by atoms with E-state index in [1.807, 2.05) is 30.3 Å². The summed E-state index contributed by atoms with van der Waals surface area (Å²) in [5.41, 5.74) is 0.507. The Morgan fingerprint density at radius 3 is 1.96 bits per heavy atom. The number of rotatable bonds is 4. The highest BCUT2D eigenvalue weighted by atomic mass is 19.4. The Morgan fingerprint density at radius 2 is 1.33 bits per heavy atom. The standard InChI is InChI=1S/C22H16F3NO/c23-22(24,25)19-13-7-8-14-20(19)26-21(27)18(17-11-5-2-6-12-17)15-16-9-3-1-4-10-16/h1-15H,(H,26,27)/b18-15+. The highest BCUT2D eigenvalue weighted by Gasteiger charge is 2.33. The number of halogens is 3. The van der Waals surface area contributed by atoms with Crippen molar-refractivity contribution < 1.29 is 18.0 Å². The smallest absolute Gasteiger partial charge is 0.321 e. The molecule has 0 fully saturated rings. The Kier molecular flexibility index (Phi) is 5.41.